The summed E-state index contributed by atoms with van der Waals surface area (Å²) in [5, 5.41) is 13.5. The van der Waals surface area contributed by atoms with Gasteiger partial charge in [-0.15, -0.1) is 0 Å². The molecule has 0 aromatic heterocycles. The lowest BCUT2D eigenvalue weighted by Gasteiger charge is -2.11. The van der Waals surface area contributed by atoms with Crippen molar-refractivity contribution in [3.8, 4) is 11.5 Å². The third-order valence-corrected chi connectivity index (χ3v) is 3.99. The van der Waals surface area contributed by atoms with E-state index in [0.717, 1.165) is 16.8 Å². The van der Waals surface area contributed by atoms with Gasteiger partial charge in [0.2, 0.25) is 0 Å². The van der Waals surface area contributed by atoms with Gasteiger partial charge in [0.1, 0.15) is 23.9 Å². The number of hydrogen-bond acceptors (Lipinski definition) is 3. The summed E-state index contributed by atoms with van der Waals surface area (Å²) in [5.41, 5.74) is 2.50. The molecule has 0 aliphatic heterocycles. The number of para-hydroxylation sites is 1. The van der Waals surface area contributed by atoms with Crippen molar-refractivity contribution in [1.82, 2.24) is 0 Å². The maximum absolute atomic E-state index is 13.1. The molecule has 0 saturated heterocycles. The van der Waals surface area contributed by atoms with Gasteiger partial charge in [0.25, 0.3) is 0 Å². The van der Waals surface area contributed by atoms with E-state index in [9.17, 15) is 9.50 Å². The van der Waals surface area contributed by atoms with E-state index in [2.05, 4.69) is 5.32 Å². The number of hydrogen-bond donors (Lipinski definition) is 2. The number of halogens is 2. The van der Waals surface area contributed by atoms with Crippen LogP contribution in [0, 0.1) is 5.82 Å². The Bertz CT molecular complexity index is 856. The smallest absolute Gasteiger partial charge is 0.141 e. The molecule has 0 bridgehead atoms. The average molecular weight is 358 g/mol. The summed E-state index contributed by atoms with van der Waals surface area (Å²) in [7, 11) is 0. The number of phenolic OH excluding ortho intramolecular Hbond substituents is 1. The van der Waals surface area contributed by atoms with Crippen molar-refractivity contribution in [2.24, 2.45) is 0 Å². The second-order valence-corrected chi connectivity index (χ2v) is 5.95. The van der Waals surface area contributed by atoms with Crippen LogP contribution >= 0.6 is 11.6 Å². The second kappa shape index (κ2) is 7.90. The average Bonchev–Trinajstić information content (AvgIpc) is 2.63. The predicted octanol–water partition coefficient (Wildman–Crippen LogP) is 5.38. The fourth-order valence-electron chi connectivity index (χ4n) is 2.33. The Hall–Kier alpha value is -2.72. The van der Waals surface area contributed by atoms with Crippen LogP contribution in [0.25, 0.3) is 0 Å². The Morgan fingerprint density at radius 3 is 2.52 bits per heavy atom. The van der Waals surface area contributed by atoms with E-state index in [1.54, 1.807) is 24.3 Å². The van der Waals surface area contributed by atoms with Crippen molar-refractivity contribution < 1.29 is 14.2 Å². The van der Waals surface area contributed by atoms with Crippen molar-refractivity contribution in [3.05, 3.63) is 88.7 Å². The first-order chi connectivity index (χ1) is 12.1. The van der Waals surface area contributed by atoms with Crippen molar-refractivity contribution in [3.63, 3.8) is 0 Å². The summed E-state index contributed by atoms with van der Waals surface area (Å²) in [4.78, 5) is 0. The Morgan fingerprint density at radius 2 is 1.80 bits per heavy atom. The van der Waals surface area contributed by atoms with E-state index >= 15 is 0 Å². The van der Waals surface area contributed by atoms with Gasteiger partial charge >= 0.3 is 0 Å². The molecule has 0 heterocycles. The van der Waals surface area contributed by atoms with Crippen LogP contribution < -0.4 is 10.1 Å². The highest BCUT2D eigenvalue weighted by molar-refractivity contribution is 6.30. The molecule has 0 unspecified atom stereocenters. The van der Waals surface area contributed by atoms with Gasteiger partial charge in [0.05, 0.1) is 5.02 Å². The van der Waals surface area contributed by atoms with E-state index in [4.69, 9.17) is 16.3 Å². The van der Waals surface area contributed by atoms with Crippen LogP contribution in [0.3, 0.4) is 0 Å². The molecule has 0 fully saturated rings. The zero-order chi connectivity index (χ0) is 17.6. The molecule has 0 amide bonds. The van der Waals surface area contributed by atoms with Crippen molar-refractivity contribution in [2.75, 3.05) is 5.32 Å². The third-order valence-electron chi connectivity index (χ3n) is 3.70. The van der Waals surface area contributed by atoms with Gasteiger partial charge in [-0.25, -0.2) is 4.39 Å². The third kappa shape index (κ3) is 4.64. The van der Waals surface area contributed by atoms with Crippen LogP contribution in [-0.2, 0) is 13.2 Å². The fourth-order valence-corrected chi connectivity index (χ4v) is 2.54. The summed E-state index contributed by atoms with van der Waals surface area (Å²) in [6, 6.07) is 19.3. The molecule has 3 nitrogen and oxygen atoms in total. The molecule has 3 aromatic rings. The summed E-state index contributed by atoms with van der Waals surface area (Å²) in [5.74, 6) is 0.220. The largest absolute Gasteiger partial charge is 0.507 e. The number of anilines is 1. The lowest BCUT2D eigenvalue weighted by Crippen LogP contribution is -2.00. The zero-order valence-corrected chi connectivity index (χ0v) is 14.1. The normalized spacial score (nSPS) is 10.5. The Labute approximate surface area is 150 Å². The lowest BCUT2D eigenvalue weighted by molar-refractivity contribution is 0.304. The van der Waals surface area contributed by atoms with Crippen LogP contribution in [0.15, 0.2) is 66.7 Å². The molecule has 3 rings (SSSR count). The second-order valence-electron chi connectivity index (χ2n) is 5.55. The minimum absolute atomic E-state index is 0.0614. The quantitative estimate of drug-likeness (QED) is 0.622. The molecule has 3 aromatic carbocycles. The fraction of sp³-hybridized carbons (Fsp3) is 0.100. The number of aromatic hydroxyl groups is 1. The summed E-state index contributed by atoms with van der Waals surface area (Å²) in [6.07, 6.45) is 0. The number of phenols is 1. The molecular weight excluding hydrogens is 341 g/mol. The van der Waals surface area contributed by atoms with Crippen molar-refractivity contribution in [2.45, 2.75) is 13.2 Å². The molecular formula is C20H17ClFNO2. The molecule has 2 N–H and O–H groups in total. The van der Waals surface area contributed by atoms with Gasteiger partial charge in [0.15, 0.2) is 0 Å². The molecule has 5 heteroatoms. The highest BCUT2D eigenvalue weighted by atomic mass is 35.5. The van der Waals surface area contributed by atoms with Crippen molar-refractivity contribution in [1.29, 1.82) is 0 Å². The number of nitrogens with one attached hydrogen (secondary N) is 1. The molecule has 0 radical (unpaired) electrons. The first kappa shape index (κ1) is 17.1. The first-order valence-electron chi connectivity index (χ1n) is 7.79. The number of ether oxygens (including phenoxy) is 1. The molecule has 0 atom stereocenters. The van der Waals surface area contributed by atoms with E-state index in [1.165, 1.54) is 12.1 Å². The molecule has 0 aliphatic carbocycles. The van der Waals surface area contributed by atoms with Crippen LogP contribution in [0.2, 0.25) is 5.02 Å². The predicted molar refractivity (Wildman–Crippen MR) is 97.6 cm³/mol. The molecule has 25 heavy (non-hydrogen) atoms. The van der Waals surface area contributed by atoms with E-state index in [-0.39, 0.29) is 17.4 Å². The molecule has 0 spiro atoms. The van der Waals surface area contributed by atoms with Crippen molar-refractivity contribution >= 4 is 17.3 Å². The van der Waals surface area contributed by atoms with E-state index < -0.39 is 5.82 Å². The topological polar surface area (TPSA) is 41.5 Å². The molecule has 0 aliphatic rings. The van der Waals surface area contributed by atoms with Gasteiger partial charge in [-0.2, -0.15) is 0 Å². The van der Waals surface area contributed by atoms with Gasteiger partial charge in [0, 0.05) is 23.9 Å². The summed E-state index contributed by atoms with van der Waals surface area (Å²) in [6.45, 7) is 0.741. The first-order valence-corrected chi connectivity index (χ1v) is 8.17. The highest BCUT2D eigenvalue weighted by Crippen LogP contribution is 2.25. The molecule has 0 saturated carbocycles. The minimum atomic E-state index is -0.460. The Morgan fingerprint density at radius 1 is 1.00 bits per heavy atom. The van der Waals surface area contributed by atoms with Crippen LogP contribution in [0.1, 0.15) is 11.1 Å². The Kier molecular flexibility index (Phi) is 5.41. The van der Waals surface area contributed by atoms with Gasteiger partial charge in [-0.1, -0.05) is 35.9 Å². The number of rotatable bonds is 6. The van der Waals surface area contributed by atoms with Gasteiger partial charge in [-0.05, 0) is 42.0 Å². The maximum atomic E-state index is 13.1. The monoisotopic (exact) mass is 357 g/mol. The van der Waals surface area contributed by atoms with Gasteiger partial charge in [-0.3, -0.25) is 0 Å². The maximum Gasteiger partial charge on any atom is 0.141 e. The van der Waals surface area contributed by atoms with Gasteiger partial charge < -0.3 is 15.2 Å². The highest BCUT2D eigenvalue weighted by Gasteiger charge is 2.05. The summed E-state index contributed by atoms with van der Waals surface area (Å²) < 4.78 is 18.8. The van der Waals surface area contributed by atoms with Crippen LogP contribution in [0.4, 0.5) is 10.1 Å². The number of benzene rings is 3. The minimum Gasteiger partial charge on any atom is -0.507 e. The molecule has 128 valence electrons. The standard InChI is InChI=1S/C20H17ClFNO2/c21-18-10-14(6-9-19(18)22)13-25-17-8-7-15(20(24)11-17)12-23-16-4-2-1-3-5-16/h1-11,23-24H,12-13H2. The Balaban J connectivity index is 1.60. The van der Waals surface area contributed by atoms with Crippen LogP contribution in [-0.4, -0.2) is 5.11 Å². The summed E-state index contributed by atoms with van der Waals surface area (Å²) >= 11 is 5.75. The van der Waals surface area contributed by atoms with E-state index in [0.29, 0.717) is 12.3 Å². The lowest BCUT2D eigenvalue weighted by atomic mass is 10.2. The SMILES string of the molecule is Oc1cc(OCc2ccc(F)c(Cl)c2)ccc1CNc1ccccc1. The van der Waals surface area contributed by atoms with Crippen LogP contribution in [0.5, 0.6) is 11.5 Å². The van der Waals surface area contributed by atoms with E-state index in [1.807, 2.05) is 30.3 Å². The zero-order valence-electron chi connectivity index (χ0n) is 13.4.